The minimum absolute atomic E-state index is 0.166. The summed E-state index contributed by atoms with van der Waals surface area (Å²) in [6.07, 6.45) is 1.15. The van der Waals surface area contributed by atoms with E-state index in [0.717, 1.165) is 5.56 Å². The van der Waals surface area contributed by atoms with Gasteiger partial charge in [0.25, 0.3) is 0 Å². The zero-order chi connectivity index (χ0) is 15.2. The predicted octanol–water partition coefficient (Wildman–Crippen LogP) is 2.06. The van der Waals surface area contributed by atoms with E-state index in [0.29, 0.717) is 11.4 Å². The van der Waals surface area contributed by atoms with Crippen LogP contribution in [-0.2, 0) is 21.2 Å². The number of hydrogen-bond acceptors (Lipinski definition) is 3. The average molecular weight is 320 g/mol. The van der Waals surface area contributed by atoms with Crippen LogP contribution in [0.15, 0.2) is 24.3 Å². The third-order valence-corrected chi connectivity index (χ3v) is 4.37. The summed E-state index contributed by atoms with van der Waals surface area (Å²) in [5, 5.41) is 9.49. The van der Waals surface area contributed by atoms with Crippen molar-refractivity contribution in [2.45, 2.75) is 32.2 Å². The van der Waals surface area contributed by atoms with Gasteiger partial charge >= 0.3 is 5.97 Å². The second kappa shape index (κ2) is 7.61. The van der Waals surface area contributed by atoms with Crippen LogP contribution in [0.4, 0.5) is 0 Å². The van der Waals surface area contributed by atoms with Crippen LogP contribution in [0.2, 0.25) is 5.02 Å². The third-order valence-electron chi connectivity index (χ3n) is 2.75. The average Bonchev–Trinajstić information content (AvgIpc) is 2.36. The van der Waals surface area contributed by atoms with Gasteiger partial charge < -0.3 is 5.11 Å². The smallest absolute Gasteiger partial charge is 0.321 e. The highest BCUT2D eigenvalue weighted by Crippen LogP contribution is 2.11. The fourth-order valence-corrected chi connectivity index (χ4v) is 3.23. The van der Waals surface area contributed by atoms with E-state index in [4.69, 9.17) is 16.7 Å². The first-order valence-electron chi connectivity index (χ1n) is 6.31. The number of hydrogen-bond donors (Lipinski definition) is 2. The van der Waals surface area contributed by atoms with Gasteiger partial charge in [-0.05, 0) is 30.5 Å². The molecule has 112 valence electrons. The topological polar surface area (TPSA) is 83.5 Å². The Balaban J connectivity index is 2.63. The van der Waals surface area contributed by atoms with E-state index in [1.807, 2.05) is 0 Å². The molecule has 0 bridgehead atoms. The van der Waals surface area contributed by atoms with Crippen LogP contribution in [0.1, 0.15) is 25.3 Å². The number of halogens is 1. The number of sulfonamides is 1. The lowest BCUT2D eigenvalue weighted by Crippen LogP contribution is -2.41. The lowest BCUT2D eigenvalue weighted by Gasteiger charge is -2.13. The van der Waals surface area contributed by atoms with E-state index in [9.17, 15) is 13.2 Å². The molecule has 0 aliphatic carbocycles. The van der Waals surface area contributed by atoms with Gasteiger partial charge in [-0.25, -0.2) is 13.1 Å². The summed E-state index contributed by atoms with van der Waals surface area (Å²) < 4.78 is 26.0. The van der Waals surface area contributed by atoms with E-state index in [2.05, 4.69) is 4.72 Å². The molecule has 1 aromatic rings. The summed E-state index contributed by atoms with van der Waals surface area (Å²) in [6, 6.07) is 5.86. The summed E-state index contributed by atoms with van der Waals surface area (Å²) in [5.41, 5.74) is 0.797. The second-order valence-corrected chi connectivity index (χ2v) is 6.81. The molecule has 0 saturated heterocycles. The van der Waals surface area contributed by atoms with Gasteiger partial charge in [0.2, 0.25) is 10.0 Å². The molecule has 0 aromatic heterocycles. The van der Waals surface area contributed by atoms with Crippen LogP contribution in [0, 0.1) is 0 Å². The van der Waals surface area contributed by atoms with Gasteiger partial charge in [0, 0.05) is 5.02 Å². The zero-order valence-corrected chi connectivity index (χ0v) is 12.7. The van der Waals surface area contributed by atoms with Gasteiger partial charge in [-0.15, -0.1) is 0 Å². The summed E-state index contributed by atoms with van der Waals surface area (Å²) in [6.45, 7) is 1.80. The van der Waals surface area contributed by atoms with Crippen molar-refractivity contribution in [2.24, 2.45) is 0 Å². The molecule has 20 heavy (non-hydrogen) atoms. The standard InChI is InChI=1S/C13H18ClNO4S/c1-2-4-12(13(16)17)15-20(18,19)8-7-10-5-3-6-11(14)9-10/h3,5-6,9,12,15H,2,4,7-8H2,1H3,(H,16,17). The maximum atomic E-state index is 11.9. The molecule has 0 radical (unpaired) electrons. The molecular weight excluding hydrogens is 302 g/mol. The number of rotatable bonds is 8. The van der Waals surface area contributed by atoms with Crippen molar-refractivity contribution in [1.82, 2.24) is 4.72 Å². The van der Waals surface area contributed by atoms with Crippen LogP contribution in [0.25, 0.3) is 0 Å². The first kappa shape index (κ1) is 16.9. The van der Waals surface area contributed by atoms with Crippen LogP contribution in [0.5, 0.6) is 0 Å². The molecule has 0 heterocycles. The van der Waals surface area contributed by atoms with E-state index >= 15 is 0 Å². The Kier molecular flexibility index (Phi) is 6.45. The summed E-state index contributed by atoms with van der Waals surface area (Å²) in [7, 11) is -3.63. The molecule has 1 atom stereocenters. The molecule has 0 spiro atoms. The van der Waals surface area contributed by atoms with Crippen molar-refractivity contribution in [2.75, 3.05) is 5.75 Å². The Morgan fingerprint density at radius 3 is 2.70 bits per heavy atom. The molecule has 2 N–H and O–H groups in total. The summed E-state index contributed by atoms with van der Waals surface area (Å²) in [5.74, 6) is -1.32. The highest BCUT2D eigenvalue weighted by atomic mass is 35.5. The molecule has 5 nitrogen and oxygen atoms in total. The normalized spacial score (nSPS) is 13.1. The van der Waals surface area contributed by atoms with Crippen molar-refractivity contribution >= 4 is 27.6 Å². The van der Waals surface area contributed by atoms with Gasteiger partial charge in [0.05, 0.1) is 5.75 Å². The van der Waals surface area contributed by atoms with Gasteiger partial charge in [-0.3, -0.25) is 4.79 Å². The summed E-state index contributed by atoms with van der Waals surface area (Å²) in [4.78, 5) is 10.9. The van der Waals surface area contributed by atoms with Crippen molar-refractivity contribution in [3.8, 4) is 0 Å². The van der Waals surface area contributed by atoms with E-state index in [-0.39, 0.29) is 18.6 Å². The maximum Gasteiger partial charge on any atom is 0.321 e. The maximum absolute atomic E-state index is 11.9. The van der Waals surface area contributed by atoms with Crippen LogP contribution < -0.4 is 4.72 Å². The lowest BCUT2D eigenvalue weighted by atomic mass is 10.2. The monoisotopic (exact) mass is 319 g/mol. The molecule has 1 rings (SSSR count). The van der Waals surface area contributed by atoms with Gasteiger partial charge in [0.1, 0.15) is 6.04 Å². The van der Waals surface area contributed by atoms with Crippen molar-refractivity contribution in [1.29, 1.82) is 0 Å². The largest absolute Gasteiger partial charge is 0.480 e. The molecule has 0 amide bonds. The van der Waals surface area contributed by atoms with E-state index in [1.165, 1.54) is 0 Å². The predicted molar refractivity (Wildman–Crippen MR) is 78.4 cm³/mol. The van der Waals surface area contributed by atoms with Gasteiger partial charge in [-0.2, -0.15) is 0 Å². The Labute approximate surface area is 124 Å². The van der Waals surface area contributed by atoms with E-state index < -0.39 is 22.0 Å². The SMILES string of the molecule is CCCC(NS(=O)(=O)CCc1cccc(Cl)c1)C(=O)O. The Morgan fingerprint density at radius 2 is 2.15 bits per heavy atom. The zero-order valence-electron chi connectivity index (χ0n) is 11.2. The highest BCUT2D eigenvalue weighted by Gasteiger charge is 2.22. The Morgan fingerprint density at radius 1 is 1.45 bits per heavy atom. The number of benzene rings is 1. The van der Waals surface area contributed by atoms with Crippen LogP contribution in [0.3, 0.4) is 0 Å². The van der Waals surface area contributed by atoms with Crippen LogP contribution in [-0.4, -0.2) is 31.3 Å². The van der Waals surface area contributed by atoms with Crippen molar-refractivity contribution in [3.63, 3.8) is 0 Å². The first-order valence-corrected chi connectivity index (χ1v) is 8.34. The number of aliphatic carboxylic acids is 1. The minimum atomic E-state index is -3.63. The molecular formula is C13H18ClNO4S. The molecule has 0 saturated carbocycles. The van der Waals surface area contributed by atoms with Crippen LogP contribution >= 0.6 is 11.6 Å². The number of nitrogens with one attached hydrogen (secondary N) is 1. The van der Waals surface area contributed by atoms with Crippen molar-refractivity contribution < 1.29 is 18.3 Å². The number of aryl methyl sites for hydroxylation is 1. The Hall–Kier alpha value is -1.11. The second-order valence-electron chi connectivity index (χ2n) is 4.50. The van der Waals surface area contributed by atoms with E-state index in [1.54, 1.807) is 31.2 Å². The summed E-state index contributed by atoms with van der Waals surface area (Å²) >= 11 is 5.82. The molecule has 0 aliphatic heterocycles. The molecule has 1 unspecified atom stereocenters. The quantitative estimate of drug-likeness (QED) is 0.768. The number of carboxylic acids is 1. The molecule has 0 fully saturated rings. The number of carboxylic acid groups (broad SMARTS) is 1. The van der Waals surface area contributed by atoms with Crippen molar-refractivity contribution in [3.05, 3.63) is 34.9 Å². The third kappa shape index (κ3) is 5.90. The highest BCUT2D eigenvalue weighted by molar-refractivity contribution is 7.89. The van der Waals surface area contributed by atoms with Gasteiger partial charge in [0.15, 0.2) is 0 Å². The fourth-order valence-electron chi connectivity index (χ4n) is 1.74. The van der Waals surface area contributed by atoms with Gasteiger partial charge in [-0.1, -0.05) is 37.1 Å². The number of carbonyl (C=O) groups is 1. The Bertz CT molecular complexity index is 559. The lowest BCUT2D eigenvalue weighted by molar-refractivity contribution is -0.139. The molecule has 7 heteroatoms. The first-order chi connectivity index (χ1) is 9.34. The molecule has 1 aromatic carbocycles. The minimum Gasteiger partial charge on any atom is -0.480 e. The molecule has 0 aliphatic rings. The fraction of sp³-hybridized carbons (Fsp3) is 0.462.